The van der Waals surface area contributed by atoms with Crippen molar-refractivity contribution in [2.75, 3.05) is 23.0 Å². The van der Waals surface area contributed by atoms with E-state index < -0.39 is 11.4 Å². The van der Waals surface area contributed by atoms with E-state index in [0.29, 0.717) is 23.6 Å². The standard InChI is InChI=1S/C32H35ClN2O5/c1-5-34(25-16-14-24(33)15-17-25)30(37)27-18-21(2)35(28-9-7-6-8-26(27)28)29(36)23-12-10-22(11-13-23)19-40-20-32(3,4)31(38)39/h6-17,21,27H,5,18-20H2,1-4H3,(H,38,39)/t21-,27-/m0/s1. The number of amides is 2. The molecule has 8 heteroatoms. The molecule has 210 valence electrons. The summed E-state index contributed by atoms with van der Waals surface area (Å²) in [5.41, 5.74) is 2.75. The number of aliphatic carboxylic acids is 1. The molecule has 1 heterocycles. The van der Waals surface area contributed by atoms with Gasteiger partial charge in [0.15, 0.2) is 0 Å². The number of carbonyl (C=O) groups excluding carboxylic acids is 2. The largest absolute Gasteiger partial charge is 0.481 e. The molecule has 40 heavy (non-hydrogen) atoms. The molecule has 0 saturated carbocycles. The van der Waals surface area contributed by atoms with Crippen molar-refractivity contribution in [1.82, 2.24) is 0 Å². The number of carboxylic acid groups (broad SMARTS) is 1. The summed E-state index contributed by atoms with van der Waals surface area (Å²) >= 11 is 6.06. The molecule has 4 rings (SSSR count). The smallest absolute Gasteiger partial charge is 0.311 e. The molecule has 2 amide bonds. The predicted molar refractivity (Wildman–Crippen MR) is 157 cm³/mol. The van der Waals surface area contributed by atoms with E-state index >= 15 is 0 Å². The summed E-state index contributed by atoms with van der Waals surface area (Å²) < 4.78 is 5.61. The highest BCUT2D eigenvalue weighted by atomic mass is 35.5. The van der Waals surface area contributed by atoms with Crippen LogP contribution in [0.5, 0.6) is 0 Å². The first-order valence-electron chi connectivity index (χ1n) is 13.4. The fraction of sp³-hybridized carbons (Fsp3) is 0.344. The minimum Gasteiger partial charge on any atom is -0.481 e. The SMILES string of the molecule is CCN(C(=O)[C@H]1C[C@H](C)N(C(=O)c2ccc(COCC(C)(C)C(=O)O)cc2)c2ccccc21)c1ccc(Cl)cc1. The Hall–Kier alpha value is -3.68. The van der Waals surface area contributed by atoms with Crippen LogP contribution < -0.4 is 9.80 Å². The molecule has 0 fully saturated rings. The number of carbonyl (C=O) groups is 3. The Bertz CT molecular complexity index is 1370. The number of fused-ring (bicyclic) bond motifs is 1. The molecule has 2 atom stereocenters. The number of nitrogens with zero attached hydrogens (tertiary/aromatic N) is 2. The molecule has 0 bridgehead atoms. The van der Waals surface area contributed by atoms with E-state index in [4.69, 9.17) is 16.3 Å². The Morgan fingerprint density at radius 2 is 1.68 bits per heavy atom. The summed E-state index contributed by atoms with van der Waals surface area (Å²) in [5, 5.41) is 9.86. The molecule has 3 aromatic carbocycles. The molecule has 0 radical (unpaired) electrons. The maximum absolute atomic E-state index is 13.8. The summed E-state index contributed by atoms with van der Waals surface area (Å²) in [7, 11) is 0. The number of carboxylic acids is 1. The number of hydrogen-bond donors (Lipinski definition) is 1. The fourth-order valence-electron chi connectivity index (χ4n) is 5.00. The lowest BCUT2D eigenvalue weighted by Crippen LogP contribution is -2.46. The molecule has 7 nitrogen and oxygen atoms in total. The summed E-state index contributed by atoms with van der Waals surface area (Å²) in [6, 6.07) is 21.8. The van der Waals surface area contributed by atoms with Crippen LogP contribution in [-0.4, -0.2) is 42.1 Å². The van der Waals surface area contributed by atoms with Gasteiger partial charge in [0.1, 0.15) is 0 Å². The van der Waals surface area contributed by atoms with Crippen molar-refractivity contribution < 1.29 is 24.2 Å². The highest BCUT2D eigenvalue weighted by Crippen LogP contribution is 2.41. The van der Waals surface area contributed by atoms with E-state index in [0.717, 1.165) is 22.5 Å². The normalized spacial score (nSPS) is 16.8. The van der Waals surface area contributed by atoms with Crippen LogP contribution in [0.25, 0.3) is 0 Å². The van der Waals surface area contributed by atoms with Crippen molar-refractivity contribution in [2.45, 2.75) is 52.7 Å². The lowest BCUT2D eigenvalue weighted by Gasteiger charge is -2.40. The zero-order valence-corrected chi connectivity index (χ0v) is 24.0. The molecule has 0 aromatic heterocycles. The molecule has 1 aliphatic rings. The molecule has 0 aliphatic carbocycles. The van der Waals surface area contributed by atoms with E-state index in [1.807, 2.05) is 62.4 Å². The monoisotopic (exact) mass is 562 g/mol. The van der Waals surface area contributed by atoms with Gasteiger partial charge in [-0.2, -0.15) is 0 Å². The number of benzene rings is 3. The second kappa shape index (κ2) is 12.2. The third-order valence-electron chi connectivity index (χ3n) is 7.34. The van der Waals surface area contributed by atoms with Gasteiger partial charge in [0.25, 0.3) is 5.91 Å². The van der Waals surface area contributed by atoms with Gasteiger partial charge in [0.05, 0.1) is 24.5 Å². The fourth-order valence-corrected chi connectivity index (χ4v) is 5.13. The molecule has 0 spiro atoms. The quantitative estimate of drug-likeness (QED) is 0.320. The molecule has 3 aromatic rings. The number of ether oxygens (including phenoxy) is 1. The summed E-state index contributed by atoms with van der Waals surface area (Å²) in [5.74, 6) is -1.46. The maximum Gasteiger partial charge on any atom is 0.311 e. The van der Waals surface area contributed by atoms with Crippen molar-refractivity contribution >= 4 is 40.8 Å². The lowest BCUT2D eigenvalue weighted by molar-refractivity contribution is -0.150. The summed E-state index contributed by atoms with van der Waals surface area (Å²) in [6.07, 6.45) is 0.497. The first-order chi connectivity index (χ1) is 19.0. The average molecular weight is 563 g/mol. The highest BCUT2D eigenvalue weighted by Gasteiger charge is 2.39. The van der Waals surface area contributed by atoms with E-state index in [1.165, 1.54) is 0 Å². The lowest BCUT2D eigenvalue weighted by atomic mass is 9.84. The topological polar surface area (TPSA) is 87.2 Å². The van der Waals surface area contributed by atoms with Gasteiger partial charge in [-0.25, -0.2) is 0 Å². The second-order valence-electron chi connectivity index (χ2n) is 10.8. The first-order valence-corrected chi connectivity index (χ1v) is 13.8. The number of likely N-dealkylation sites (N-methyl/N-ethyl adjacent to an activating group) is 1. The molecule has 0 unspecified atom stereocenters. The number of para-hydroxylation sites is 1. The Morgan fingerprint density at radius 1 is 1.02 bits per heavy atom. The average Bonchev–Trinajstić information content (AvgIpc) is 2.94. The van der Waals surface area contributed by atoms with Crippen LogP contribution in [0.3, 0.4) is 0 Å². The Kier molecular flexibility index (Phi) is 8.96. The van der Waals surface area contributed by atoms with Crippen molar-refractivity contribution in [2.24, 2.45) is 5.41 Å². The number of hydrogen-bond acceptors (Lipinski definition) is 4. The van der Waals surface area contributed by atoms with Gasteiger partial charge in [0.2, 0.25) is 5.91 Å². The van der Waals surface area contributed by atoms with Crippen LogP contribution in [0.2, 0.25) is 5.02 Å². The summed E-state index contributed by atoms with van der Waals surface area (Å²) in [6.45, 7) is 7.99. The third kappa shape index (κ3) is 6.21. The van der Waals surface area contributed by atoms with Crippen LogP contribution in [0.1, 0.15) is 61.5 Å². The third-order valence-corrected chi connectivity index (χ3v) is 7.59. The molecular formula is C32H35ClN2O5. The summed E-state index contributed by atoms with van der Waals surface area (Å²) in [4.78, 5) is 42.4. The minimum atomic E-state index is -0.976. The van der Waals surface area contributed by atoms with Crippen molar-refractivity contribution in [1.29, 1.82) is 0 Å². The van der Waals surface area contributed by atoms with Gasteiger partial charge in [-0.3, -0.25) is 14.4 Å². The zero-order chi connectivity index (χ0) is 29.0. The first kappa shape index (κ1) is 29.3. The minimum absolute atomic E-state index is 0.00773. The molecule has 1 N–H and O–H groups in total. The van der Waals surface area contributed by atoms with E-state index in [2.05, 4.69) is 0 Å². The van der Waals surface area contributed by atoms with Crippen LogP contribution in [0.4, 0.5) is 11.4 Å². The van der Waals surface area contributed by atoms with Gasteiger partial charge in [-0.05, 0) is 87.7 Å². The molecule has 1 aliphatic heterocycles. The van der Waals surface area contributed by atoms with Gasteiger partial charge >= 0.3 is 5.97 Å². The molecule has 0 saturated heterocycles. The van der Waals surface area contributed by atoms with E-state index in [1.54, 1.807) is 47.9 Å². The van der Waals surface area contributed by atoms with Crippen molar-refractivity contribution in [3.05, 3.63) is 94.5 Å². The van der Waals surface area contributed by atoms with Gasteiger partial charge in [0, 0.05) is 34.5 Å². The van der Waals surface area contributed by atoms with Crippen LogP contribution in [-0.2, 0) is 20.9 Å². The zero-order valence-electron chi connectivity index (χ0n) is 23.3. The van der Waals surface area contributed by atoms with Gasteiger partial charge < -0.3 is 19.6 Å². The van der Waals surface area contributed by atoms with Crippen molar-refractivity contribution in [3.63, 3.8) is 0 Å². The van der Waals surface area contributed by atoms with Crippen molar-refractivity contribution in [3.8, 4) is 0 Å². The van der Waals surface area contributed by atoms with Gasteiger partial charge in [-0.1, -0.05) is 41.9 Å². The van der Waals surface area contributed by atoms with E-state index in [-0.39, 0.29) is 37.0 Å². The van der Waals surface area contributed by atoms with Crippen LogP contribution in [0, 0.1) is 5.41 Å². The number of anilines is 2. The Morgan fingerprint density at radius 3 is 2.30 bits per heavy atom. The Labute approximate surface area is 240 Å². The number of rotatable bonds is 9. The second-order valence-corrected chi connectivity index (χ2v) is 11.2. The number of halogens is 1. The Balaban J connectivity index is 1.53. The van der Waals surface area contributed by atoms with Crippen LogP contribution in [0.15, 0.2) is 72.8 Å². The van der Waals surface area contributed by atoms with Crippen LogP contribution >= 0.6 is 11.6 Å². The van der Waals surface area contributed by atoms with Gasteiger partial charge in [-0.15, -0.1) is 0 Å². The van der Waals surface area contributed by atoms with E-state index in [9.17, 15) is 19.5 Å². The maximum atomic E-state index is 13.8. The molecular weight excluding hydrogens is 528 g/mol. The predicted octanol–water partition coefficient (Wildman–Crippen LogP) is 6.54. The highest BCUT2D eigenvalue weighted by molar-refractivity contribution is 6.30.